The van der Waals surface area contributed by atoms with Gasteiger partial charge in [-0.05, 0) is 35.2 Å². The van der Waals surface area contributed by atoms with Crippen molar-refractivity contribution < 1.29 is 14.3 Å². The molecule has 0 spiro atoms. The summed E-state index contributed by atoms with van der Waals surface area (Å²) >= 11 is 0. The maximum absolute atomic E-state index is 12.3. The predicted molar refractivity (Wildman–Crippen MR) is 85.7 cm³/mol. The predicted octanol–water partition coefficient (Wildman–Crippen LogP) is 3.97. The quantitative estimate of drug-likeness (QED) is 0.912. The molecule has 0 aromatic heterocycles. The van der Waals surface area contributed by atoms with Gasteiger partial charge in [0, 0.05) is 17.3 Å². The zero-order valence-corrected chi connectivity index (χ0v) is 13.0. The highest BCUT2D eigenvalue weighted by Crippen LogP contribution is 2.34. The van der Waals surface area contributed by atoms with Crippen LogP contribution in [0.15, 0.2) is 42.5 Å². The monoisotopic (exact) mass is 297 g/mol. The molecule has 22 heavy (non-hydrogen) atoms. The molecule has 0 saturated carbocycles. The number of carbonyl (C=O) groups is 1. The molecule has 0 aliphatic carbocycles. The lowest BCUT2D eigenvalue weighted by Gasteiger charge is -2.19. The van der Waals surface area contributed by atoms with Gasteiger partial charge >= 0.3 is 0 Å². The number of nitrogens with one attached hydrogen (secondary N) is 1. The normalized spacial score (nSPS) is 13.0. The van der Waals surface area contributed by atoms with E-state index in [4.69, 9.17) is 9.47 Å². The third-order valence-corrected chi connectivity index (χ3v) is 3.64. The van der Waals surface area contributed by atoms with Gasteiger partial charge in [0.2, 0.25) is 6.79 Å². The van der Waals surface area contributed by atoms with Gasteiger partial charge in [0.05, 0.1) is 0 Å². The van der Waals surface area contributed by atoms with Crippen LogP contribution in [0.25, 0.3) is 0 Å². The maximum Gasteiger partial charge on any atom is 0.255 e. The molecule has 3 rings (SSSR count). The lowest BCUT2D eigenvalue weighted by Crippen LogP contribution is -2.14. The van der Waals surface area contributed by atoms with Crippen LogP contribution in [0, 0.1) is 0 Å². The molecule has 0 bridgehead atoms. The Bertz CT molecular complexity index is 699. The molecule has 1 aliphatic rings. The van der Waals surface area contributed by atoms with E-state index < -0.39 is 0 Å². The average molecular weight is 297 g/mol. The molecular formula is C18H19NO3. The number of benzene rings is 2. The van der Waals surface area contributed by atoms with Crippen molar-refractivity contribution in [1.82, 2.24) is 0 Å². The largest absolute Gasteiger partial charge is 0.454 e. The van der Waals surface area contributed by atoms with Gasteiger partial charge in [0.25, 0.3) is 5.91 Å². The second kappa shape index (κ2) is 5.37. The van der Waals surface area contributed by atoms with Gasteiger partial charge in [-0.1, -0.05) is 32.9 Å². The van der Waals surface area contributed by atoms with Crippen LogP contribution in [-0.4, -0.2) is 12.7 Å². The number of hydrogen-bond donors (Lipinski definition) is 1. The number of fused-ring (bicyclic) bond motifs is 1. The van der Waals surface area contributed by atoms with Gasteiger partial charge in [0.1, 0.15) is 0 Å². The standard InChI is InChI=1S/C18H19NO3/c1-18(2,3)13-6-4-12(5-7-13)17(20)19-14-8-9-15-16(10-14)22-11-21-15/h4-10H,11H2,1-3H3,(H,19,20). The molecule has 114 valence electrons. The van der Waals surface area contributed by atoms with Crippen LogP contribution in [0.2, 0.25) is 0 Å². The minimum absolute atomic E-state index is 0.0757. The van der Waals surface area contributed by atoms with Crippen molar-refractivity contribution >= 4 is 11.6 Å². The summed E-state index contributed by atoms with van der Waals surface area (Å²) in [5.74, 6) is 1.22. The topological polar surface area (TPSA) is 47.6 Å². The van der Waals surface area contributed by atoms with E-state index in [9.17, 15) is 4.79 Å². The second-order valence-electron chi connectivity index (χ2n) is 6.35. The van der Waals surface area contributed by atoms with E-state index in [0.717, 1.165) is 0 Å². The first kappa shape index (κ1) is 14.4. The summed E-state index contributed by atoms with van der Waals surface area (Å²) < 4.78 is 10.6. The van der Waals surface area contributed by atoms with Gasteiger partial charge < -0.3 is 14.8 Å². The minimum atomic E-state index is -0.140. The SMILES string of the molecule is CC(C)(C)c1ccc(C(=O)Nc2ccc3c(c2)OCO3)cc1. The Labute approximate surface area is 130 Å². The Morgan fingerprint density at radius 1 is 1.00 bits per heavy atom. The highest BCUT2D eigenvalue weighted by Gasteiger charge is 2.16. The summed E-state index contributed by atoms with van der Waals surface area (Å²) in [6.45, 7) is 6.67. The van der Waals surface area contributed by atoms with Gasteiger partial charge in [0.15, 0.2) is 11.5 Å². The number of carbonyl (C=O) groups excluding carboxylic acids is 1. The molecule has 1 N–H and O–H groups in total. The molecule has 0 atom stereocenters. The third-order valence-electron chi connectivity index (χ3n) is 3.64. The van der Waals surface area contributed by atoms with Crippen LogP contribution in [0.5, 0.6) is 11.5 Å². The molecule has 2 aromatic rings. The molecule has 0 unspecified atom stereocenters. The first-order valence-corrected chi connectivity index (χ1v) is 7.25. The molecule has 4 nitrogen and oxygen atoms in total. The van der Waals surface area contributed by atoms with Crippen LogP contribution >= 0.6 is 0 Å². The molecule has 1 heterocycles. The average Bonchev–Trinajstić information content (AvgIpc) is 2.94. The van der Waals surface area contributed by atoms with Crippen molar-refractivity contribution in [3.8, 4) is 11.5 Å². The Morgan fingerprint density at radius 3 is 2.36 bits per heavy atom. The number of anilines is 1. The van der Waals surface area contributed by atoms with E-state index in [1.54, 1.807) is 18.2 Å². The maximum atomic E-state index is 12.3. The zero-order valence-electron chi connectivity index (χ0n) is 13.0. The molecule has 0 fully saturated rings. The Balaban J connectivity index is 1.74. The van der Waals surface area contributed by atoms with E-state index in [-0.39, 0.29) is 18.1 Å². The first-order chi connectivity index (χ1) is 10.4. The fourth-order valence-electron chi connectivity index (χ4n) is 2.30. The van der Waals surface area contributed by atoms with Crippen molar-refractivity contribution in [2.75, 3.05) is 12.1 Å². The fraction of sp³-hybridized carbons (Fsp3) is 0.278. The first-order valence-electron chi connectivity index (χ1n) is 7.25. The van der Waals surface area contributed by atoms with Gasteiger partial charge in [-0.3, -0.25) is 4.79 Å². The van der Waals surface area contributed by atoms with Crippen LogP contribution in [0.3, 0.4) is 0 Å². The Kier molecular flexibility index (Phi) is 3.53. The molecule has 2 aromatic carbocycles. The summed E-state index contributed by atoms with van der Waals surface area (Å²) in [6, 6.07) is 13.0. The van der Waals surface area contributed by atoms with Gasteiger partial charge in [-0.25, -0.2) is 0 Å². The van der Waals surface area contributed by atoms with Crippen molar-refractivity contribution in [2.45, 2.75) is 26.2 Å². The number of hydrogen-bond acceptors (Lipinski definition) is 3. The molecule has 0 radical (unpaired) electrons. The number of ether oxygens (including phenoxy) is 2. The molecule has 4 heteroatoms. The van der Waals surface area contributed by atoms with Crippen molar-refractivity contribution in [2.24, 2.45) is 0 Å². The highest BCUT2D eigenvalue weighted by molar-refractivity contribution is 6.04. The van der Waals surface area contributed by atoms with Gasteiger partial charge in [-0.2, -0.15) is 0 Å². The molecular weight excluding hydrogens is 278 g/mol. The van der Waals surface area contributed by atoms with Crippen LogP contribution < -0.4 is 14.8 Å². The third kappa shape index (κ3) is 2.91. The number of amides is 1. The van der Waals surface area contributed by atoms with Crippen molar-refractivity contribution in [3.05, 3.63) is 53.6 Å². The second-order valence-corrected chi connectivity index (χ2v) is 6.35. The van der Waals surface area contributed by atoms with E-state index in [1.807, 2.05) is 24.3 Å². The molecule has 0 saturated heterocycles. The number of rotatable bonds is 2. The van der Waals surface area contributed by atoms with Crippen molar-refractivity contribution in [1.29, 1.82) is 0 Å². The van der Waals surface area contributed by atoms with E-state index in [0.29, 0.717) is 22.7 Å². The summed E-state index contributed by atoms with van der Waals surface area (Å²) in [5.41, 5.74) is 2.60. The summed E-state index contributed by atoms with van der Waals surface area (Å²) in [7, 11) is 0. The Morgan fingerprint density at radius 2 is 1.68 bits per heavy atom. The minimum Gasteiger partial charge on any atom is -0.454 e. The summed E-state index contributed by atoms with van der Waals surface area (Å²) in [5, 5.41) is 2.87. The molecule has 1 aliphatic heterocycles. The summed E-state index contributed by atoms with van der Waals surface area (Å²) in [4.78, 5) is 12.3. The zero-order chi connectivity index (χ0) is 15.7. The van der Waals surface area contributed by atoms with Gasteiger partial charge in [-0.15, -0.1) is 0 Å². The van der Waals surface area contributed by atoms with E-state index in [1.165, 1.54) is 5.56 Å². The van der Waals surface area contributed by atoms with Crippen LogP contribution in [0.4, 0.5) is 5.69 Å². The van der Waals surface area contributed by atoms with Crippen LogP contribution in [0.1, 0.15) is 36.7 Å². The lowest BCUT2D eigenvalue weighted by molar-refractivity contribution is 0.102. The fourth-order valence-corrected chi connectivity index (χ4v) is 2.30. The smallest absolute Gasteiger partial charge is 0.255 e. The van der Waals surface area contributed by atoms with E-state index >= 15 is 0 Å². The lowest BCUT2D eigenvalue weighted by atomic mass is 9.87. The molecule has 1 amide bonds. The van der Waals surface area contributed by atoms with E-state index in [2.05, 4.69) is 26.1 Å². The van der Waals surface area contributed by atoms with Crippen LogP contribution in [-0.2, 0) is 5.41 Å². The van der Waals surface area contributed by atoms with Crippen molar-refractivity contribution in [3.63, 3.8) is 0 Å². The Hall–Kier alpha value is -2.49. The summed E-state index contributed by atoms with van der Waals surface area (Å²) in [6.07, 6.45) is 0. The highest BCUT2D eigenvalue weighted by atomic mass is 16.7.